The van der Waals surface area contributed by atoms with Crippen molar-refractivity contribution in [2.45, 2.75) is 26.1 Å². The van der Waals surface area contributed by atoms with Crippen molar-refractivity contribution in [3.05, 3.63) is 30.3 Å². The van der Waals surface area contributed by atoms with Crippen LogP contribution in [0.15, 0.2) is 30.3 Å². The van der Waals surface area contributed by atoms with Gasteiger partial charge in [-0.1, -0.05) is 61.9 Å². The van der Waals surface area contributed by atoms with Gasteiger partial charge in [-0.15, -0.1) is 0 Å². The van der Waals surface area contributed by atoms with E-state index in [1.54, 1.807) is 0 Å². The zero-order valence-corrected chi connectivity index (χ0v) is 8.09. The lowest BCUT2D eigenvalue weighted by Gasteiger charge is -1.96. The van der Waals surface area contributed by atoms with Crippen molar-refractivity contribution in [2.75, 3.05) is 0 Å². The monoisotopic (exact) mass is 181 g/mol. The van der Waals surface area contributed by atoms with E-state index >= 15 is 0 Å². The number of benzene rings is 1. The number of hydrogen-bond donors (Lipinski definition) is 0. The third-order valence-corrected chi connectivity index (χ3v) is 1.74. The van der Waals surface area contributed by atoms with Crippen LogP contribution in [-0.4, -0.2) is 18.2 Å². The second-order valence-corrected chi connectivity index (χ2v) is 2.76. The van der Waals surface area contributed by atoms with Crippen molar-refractivity contribution in [1.29, 1.82) is 0 Å². The fraction of sp³-hybridized carbons (Fsp3) is 0.400. The van der Waals surface area contributed by atoms with Crippen LogP contribution in [0.4, 0.5) is 0 Å². The van der Waals surface area contributed by atoms with E-state index in [1.165, 1.54) is 24.6 Å². The van der Waals surface area contributed by atoms with Crippen molar-refractivity contribution in [2.24, 2.45) is 0 Å². The summed E-state index contributed by atoms with van der Waals surface area (Å²) in [6.45, 7) is 2.22. The Labute approximate surface area is 80.8 Å². The molecule has 2 nitrogen and oxygen atoms in total. The SMILES string of the molecule is CCCC[B]c1ccccc1.O.O. The first-order valence-corrected chi connectivity index (χ1v) is 4.31. The standard InChI is InChI=1S/C10H14B.2H2O/c1-2-3-9-11-10-7-5-4-6-8-10;;/h4-8H,2-3,9H2,1H3;2*1H2. The molecule has 0 aliphatic heterocycles. The predicted octanol–water partition coefficient (Wildman–Crippen LogP) is 0.585. The Balaban J connectivity index is 0. The van der Waals surface area contributed by atoms with E-state index in [9.17, 15) is 0 Å². The van der Waals surface area contributed by atoms with Crippen LogP contribution in [0.5, 0.6) is 0 Å². The zero-order chi connectivity index (χ0) is 7.94. The Kier molecular flexibility index (Phi) is 10.5. The molecule has 0 aromatic heterocycles. The van der Waals surface area contributed by atoms with Crippen LogP contribution in [0.2, 0.25) is 6.32 Å². The van der Waals surface area contributed by atoms with Gasteiger partial charge in [0.25, 0.3) is 0 Å². The van der Waals surface area contributed by atoms with Gasteiger partial charge in [-0.3, -0.25) is 0 Å². The van der Waals surface area contributed by atoms with Crippen molar-refractivity contribution in [3.63, 3.8) is 0 Å². The average Bonchev–Trinajstić information content (AvgIpc) is 2.07. The molecule has 13 heavy (non-hydrogen) atoms. The molecule has 1 rings (SSSR count). The van der Waals surface area contributed by atoms with Crippen LogP contribution in [0.3, 0.4) is 0 Å². The number of hydrogen-bond acceptors (Lipinski definition) is 0. The molecule has 0 aliphatic carbocycles. The van der Waals surface area contributed by atoms with Gasteiger partial charge < -0.3 is 11.0 Å². The summed E-state index contributed by atoms with van der Waals surface area (Å²) < 4.78 is 0. The lowest BCUT2D eigenvalue weighted by Crippen LogP contribution is -2.11. The molecule has 0 heterocycles. The van der Waals surface area contributed by atoms with Gasteiger partial charge in [0.2, 0.25) is 0 Å². The van der Waals surface area contributed by atoms with Gasteiger partial charge in [0, 0.05) is 0 Å². The maximum Gasteiger partial charge on any atom is 0.151 e. The lowest BCUT2D eigenvalue weighted by atomic mass is 9.66. The van der Waals surface area contributed by atoms with Gasteiger partial charge in [0.05, 0.1) is 0 Å². The minimum Gasteiger partial charge on any atom is -0.412 e. The van der Waals surface area contributed by atoms with Gasteiger partial charge in [0.1, 0.15) is 0 Å². The second kappa shape index (κ2) is 9.29. The van der Waals surface area contributed by atoms with Crippen molar-refractivity contribution in [3.8, 4) is 0 Å². The van der Waals surface area contributed by atoms with E-state index in [0.717, 1.165) is 0 Å². The van der Waals surface area contributed by atoms with Gasteiger partial charge in [-0.25, -0.2) is 0 Å². The van der Waals surface area contributed by atoms with E-state index in [-0.39, 0.29) is 11.0 Å². The van der Waals surface area contributed by atoms with E-state index in [4.69, 9.17) is 0 Å². The van der Waals surface area contributed by atoms with Crippen LogP contribution in [-0.2, 0) is 0 Å². The summed E-state index contributed by atoms with van der Waals surface area (Å²) in [5.41, 5.74) is 1.35. The third kappa shape index (κ3) is 6.37. The molecule has 1 aromatic carbocycles. The van der Waals surface area contributed by atoms with Gasteiger partial charge in [-0.2, -0.15) is 0 Å². The summed E-state index contributed by atoms with van der Waals surface area (Å²) in [5, 5.41) is 0. The molecule has 0 unspecified atom stereocenters. The topological polar surface area (TPSA) is 63.0 Å². The Morgan fingerprint density at radius 2 is 1.69 bits per heavy atom. The van der Waals surface area contributed by atoms with E-state index in [1.807, 2.05) is 0 Å². The van der Waals surface area contributed by atoms with Crippen LogP contribution < -0.4 is 5.46 Å². The highest BCUT2D eigenvalue weighted by atomic mass is 16.0. The normalized spacial score (nSPS) is 8.08. The maximum atomic E-state index is 2.30. The van der Waals surface area contributed by atoms with Crippen LogP contribution in [0.1, 0.15) is 19.8 Å². The Bertz CT molecular complexity index is 189. The molecule has 0 spiro atoms. The summed E-state index contributed by atoms with van der Waals surface area (Å²) >= 11 is 0. The second-order valence-electron chi connectivity index (χ2n) is 2.76. The summed E-state index contributed by atoms with van der Waals surface area (Å²) in [6, 6.07) is 10.5. The predicted molar refractivity (Wildman–Crippen MR) is 58.8 cm³/mol. The molecule has 4 N–H and O–H groups in total. The molecule has 0 saturated heterocycles. The van der Waals surface area contributed by atoms with Crippen LogP contribution in [0, 0.1) is 0 Å². The molecule has 0 bridgehead atoms. The molecular weight excluding hydrogens is 163 g/mol. The largest absolute Gasteiger partial charge is 0.412 e. The number of rotatable bonds is 4. The van der Waals surface area contributed by atoms with Crippen molar-refractivity contribution < 1.29 is 11.0 Å². The summed E-state index contributed by atoms with van der Waals surface area (Å²) in [6.07, 6.45) is 3.79. The highest BCUT2D eigenvalue weighted by Crippen LogP contribution is 1.93. The van der Waals surface area contributed by atoms with Gasteiger partial charge in [0.15, 0.2) is 7.28 Å². The quantitative estimate of drug-likeness (QED) is 0.482. The van der Waals surface area contributed by atoms with Crippen LogP contribution >= 0.6 is 0 Å². The van der Waals surface area contributed by atoms with E-state index in [0.29, 0.717) is 0 Å². The maximum absolute atomic E-state index is 2.30. The molecule has 1 radical (unpaired) electrons. The minimum absolute atomic E-state index is 0. The highest BCUT2D eigenvalue weighted by molar-refractivity contribution is 6.53. The third-order valence-electron chi connectivity index (χ3n) is 1.74. The molecule has 73 valence electrons. The molecule has 0 aliphatic rings. The lowest BCUT2D eigenvalue weighted by molar-refractivity contribution is 0.823. The molecule has 0 fully saturated rings. The smallest absolute Gasteiger partial charge is 0.151 e. The minimum atomic E-state index is 0. The number of unbranched alkanes of at least 4 members (excludes halogenated alkanes) is 1. The molecule has 0 saturated carbocycles. The first-order chi connectivity index (χ1) is 5.43. The highest BCUT2D eigenvalue weighted by Gasteiger charge is 1.91. The molecule has 0 amide bonds. The molecule has 0 atom stereocenters. The summed E-state index contributed by atoms with van der Waals surface area (Å²) in [7, 11) is 2.30. The fourth-order valence-corrected chi connectivity index (χ4v) is 1.06. The first kappa shape index (κ1) is 14.7. The summed E-state index contributed by atoms with van der Waals surface area (Å²) in [5.74, 6) is 0. The first-order valence-electron chi connectivity index (χ1n) is 4.31. The summed E-state index contributed by atoms with van der Waals surface area (Å²) in [4.78, 5) is 0. The van der Waals surface area contributed by atoms with E-state index < -0.39 is 0 Å². The molecular formula is C10H18BO2. The van der Waals surface area contributed by atoms with E-state index in [2.05, 4.69) is 44.5 Å². The Morgan fingerprint density at radius 3 is 2.23 bits per heavy atom. The zero-order valence-electron chi connectivity index (χ0n) is 8.09. The Morgan fingerprint density at radius 1 is 1.08 bits per heavy atom. The van der Waals surface area contributed by atoms with Crippen molar-refractivity contribution in [1.82, 2.24) is 0 Å². The van der Waals surface area contributed by atoms with Crippen LogP contribution in [0.25, 0.3) is 0 Å². The Hall–Kier alpha value is -0.795. The fourth-order valence-electron chi connectivity index (χ4n) is 1.06. The van der Waals surface area contributed by atoms with Gasteiger partial charge >= 0.3 is 0 Å². The van der Waals surface area contributed by atoms with Crippen molar-refractivity contribution >= 4 is 12.7 Å². The average molecular weight is 181 g/mol. The molecule has 3 heteroatoms. The molecule has 1 aromatic rings. The van der Waals surface area contributed by atoms with Gasteiger partial charge in [-0.05, 0) is 0 Å².